The predicted molar refractivity (Wildman–Crippen MR) is 206 cm³/mol. The molecular formula is C46H46F6N2O2. The van der Waals surface area contributed by atoms with Gasteiger partial charge in [0.25, 0.3) is 0 Å². The van der Waals surface area contributed by atoms with Crippen molar-refractivity contribution >= 4 is 22.2 Å². The molecule has 0 saturated carbocycles. The number of rotatable bonds is 3. The molecule has 0 saturated heterocycles. The number of hydrogen-bond donors (Lipinski definition) is 0. The van der Waals surface area contributed by atoms with E-state index in [1.807, 2.05) is 26.8 Å². The summed E-state index contributed by atoms with van der Waals surface area (Å²) < 4.78 is 102. The highest BCUT2D eigenvalue weighted by Gasteiger charge is 2.72. The number of fused-ring (bicyclic) bond motifs is 6. The Hall–Kier alpha value is -4.60. The monoisotopic (exact) mass is 772 g/mol. The highest BCUT2D eigenvalue weighted by Crippen LogP contribution is 2.64. The fraction of sp³-hybridized carbons (Fsp3) is 0.435. The van der Waals surface area contributed by atoms with Crippen molar-refractivity contribution in [3.63, 3.8) is 0 Å². The van der Waals surface area contributed by atoms with Gasteiger partial charge in [0.2, 0.25) is 17.2 Å². The number of oxazole rings is 2. The Morgan fingerprint density at radius 2 is 0.946 bits per heavy atom. The fourth-order valence-electron chi connectivity index (χ4n) is 9.66. The summed E-state index contributed by atoms with van der Waals surface area (Å²) in [5, 5.41) is 0. The minimum Gasteiger partial charge on any atom is -0.440 e. The highest BCUT2D eigenvalue weighted by molar-refractivity contribution is 5.83. The minimum atomic E-state index is -5.70. The Balaban J connectivity index is 1.22. The zero-order valence-corrected chi connectivity index (χ0v) is 33.3. The molecule has 0 radical (unpaired) electrons. The van der Waals surface area contributed by atoms with Crippen molar-refractivity contribution in [3.8, 4) is 11.5 Å². The summed E-state index contributed by atoms with van der Waals surface area (Å²) in [5.74, 6) is 0.782. The number of halogens is 6. The third-order valence-corrected chi connectivity index (χ3v) is 12.3. The lowest BCUT2D eigenvalue weighted by atomic mass is 9.72. The van der Waals surface area contributed by atoms with E-state index in [0.29, 0.717) is 22.6 Å². The maximum absolute atomic E-state index is 14.9. The van der Waals surface area contributed by atoms with E-state index in [9.17, 15) is 26.3 Å². The van der Waals surface area contributed by atoms with Gasteiger partial charge in [0.05, 0.1) is 0 Å². The molecule has 2 aliphatic carbocycles. The summed E-state index contributed by atoms with van der Waals surface area (Å²) in [5.41, 5.74) is 0.557. The molecule has 2 aromatic heterocycles. The summed E-state index contributed by atoms with van der Waals surface area (Å²) >= 11 is 0. The molecule has 0 fully saturated rings. The minimum absolute atomic E-state index is 0.104. The van der Waals surface area contributed by atoms with Crippen LogP contribution in [0, 0.1) is 0 Å². The van der Waals surface area contributed by atoms with E-state index < -0.39 is 34.3 Å². The first-order valence-electron chi connectivity index (χ1n) is 19.0. The van der Waals surface area contributed by atoms with Crippen LogP contribution >= 0.6 is 0 Å². The van der Waals surface area contributed by atoms with Crippen molar-refractivity contribution in [3.05, 3.63) is 118 Å². The Morgan fingerprint density at radius 1 is 0.518 bits per heavy atom. The molecule has 10 heteroatoms. The van der Waals surface area contributed by atoms with Crippen LogP contribution in [0.4, 0.5) is 26.3 Å². The molecule has 4 aromatic carbocycles. The molecule has 0 amide bonds. The van der Waals surface area contributed by atoms with Crippen LogP contribution in [0.2, 0.25) is 0 Å². The lowest BCUT2D eigenvalue weighted by Crippen LogP contribution is -2.54. The second kappa shape index (κ2) is 11.5. The van der Waals surface area contributed by atoms with Crippen LogP contribution in [0.25, 0.3) is 33.7 Å². The molecule has 0 aliphatic heterocycles. The molecule has 0 bridgehead atoms. The van der Waals surface area contributed by atoms with E-state index in [1.165, 1.54) is 35.4 Å². The SMILES string of the molecule is CC(C)(C)c1ccc(C(c2ccc(-c3nc4cc5c(cc4o3)C(C)(C)CC53CC(C)(C)c4cc5oc(C(C)(C)C)nc5cc43)cc2)(C(F)(F)F)C(F)(F)F)cc1. The van der Waals surface area contributed by atoms with Crippen molar-refractivity contribution in [2.75, 3.05) is 0 Å². The van der Waals surface area contributed by atoms with Gasteiger partial charge in [0, 0.05) is 16.4 Å². The normalized spacial score (nSPS) is 19.6. The van der Waals surface area contributed by atoms with Crippen LogP contribution in [0.5, 0.6) is 0 Å². The topological polar surface area (TPSA) is 52.1 Å². The maximum Gasteiger partial charge on any atom is 0.411 e. The Kier molecular flexibility index (Phi) is 7.86. The fourth-order valence-corrected chi connectivity index (χ4v) is 9.66. The first kappa shape index (κ1) is 38.3. The van der Waals surface area contributed by atoms with E-state index >= 15 is 0 Å². The first-order valence-corrected chi connectivity index (χ1v) is 19.0. The summed E-state index contributed by atoms with van der Waals surface area (Å²) in [7, 11) is 0. The Morgan fingerprint density at radius 3 is 1.39 bits per heavy atom. The standard InChI is InChI=1S/C46H46F6N2O2/c1-39(2,3)26-15-17-28(18-16-26)44(45(47,48)49,46(50,51)52)27-13-11-25(12-14-27)37-53-33-19-31-29(21-35(33)55-37)41(7,8)23-43(31)24-42(9,10)30-22-36-34(20-32(30)43)54-38(56-36)40(4,5)6/h11-22H,23-24H2,1-10H3. The van der Waals surface area contributed by atoms with Crippen LogP contribution in [0.15, 0.2) is 81.6 Å². The van der Waals surface area contributed by atoms with Gasteiger partial charge in [-0.25, -0.2) is 9.97 Å². The predicted octanol–water partition coefficient (Wildman–Crippen LogP) is 13.3. The molecular weight excluding hydrogens is 727 g/mol. The molecule has 0 N–H and O–H groups in total. The van der Waals surface area contributed by atoms with Gasteiger partial charge in [-0.1, -0.05) is 106 Å². The number of hydrogen-bond acceptors (Lipinski definition) is 4. The van der Waals surface area contributed by atoms with E-state index in [2.05, 4.69) is 66.7 Å². The van der Waals surface area contributed by atoms with Gasteiger partial charge in [-0.05, 0) is 104 Å². The quantitative estimate of drug-likeness (QED) is 0.168. The lowest BCUT2D eigenvalue weighted by molar-refractivity contribution is -0.288. The van der Waals surface area contributed by atoms with Crippen molar-refractivity contribution in [2.45, 2.75) is 127 Å². The summed E-state index contributed by atoms with van der Waals surface area (Å²) in [6, 6.07) is 17.1. The molecule has 8 rings (SSSR count). The second-order valence-electron chi connectivity index (χ2n) is 19.4. The molecule has 4 nitrogen and oxygen atoms in total. The average Bonchev–Trinajstić information content (AvgIpc) is 3.79. The zero-order chi connectivity index (χ0) is 40.8. The molecule has 56 heavy (non-hydrogen) atoms. The van der Waals surface area contributed by atoms with E-state index in [1.54, 1.807) is 0 Å². The van der Waals surface area contributed by atoms with E-state index in [-0.39, 0.29) is 33.1 Å². The number of benzene rings is 4. The first-order chi connectivity index (χ1) is 25.7. The smallest absolute Gasteiger partial charge is 0.411 e. The molecule has 6 aromatic rings. The molecule has 2 aliphatic rings. The largest absolute Gasteiger partial charge is 0.440 e. The van der Waals surface area contributed by atoms with Gasteiger partial charge in [0.1, 0.15) is 11.0 Å². The summed E-state index contributed by atoms with van der Waals surface area (Å²) in [6.45, 7) is 20.7. The molecule has 1 spiro atoms. The molecule has 294 valence electrons. The Labute approximate surface area is 322 Å². The van der Waals surface area contributed by atoms with Gasteiger partial charge in [-0.3, -0.25) is 0 Å². The van der Waals surface area contributed by atoms with Gasteiger partial charge in [0.15, 0.2) is 11.2 Å². The van der Waals surface area contributed by atoms with Crippen LogP contribution in [0.3, 0.4) is 0 Å². The second-order valence-corrected chi connectivity index (χ2v) is 19.4. The molecule has 1 atom stereocenters. The number of nitrogens with zero attached hydrogens (tertiary/aromatic N) is 2. The van der Waals surface area contributed by atoms with Crippen LogP contribution < -0.4 is 0 Å². The summed E-state index contributed by atoms with van der Waals surface area (Å²) in [4.78, 5) is 9.68. The van der Waals surface area contributed by atoms with Gasteiger partial charge in [-0.2, -0.15) is 26.3 Å². The van der Waals surface area contributed by atoms with Crippen LogP contribution in [-0.4, -0.2) is 22.3 Å². The number of alkyl halides is 6. The van der Waals surface area contributed by atoms with Crippen molar-refractivity contribution in [1.82, 2.24) is 9.97 Å². The van der Waals surface area contributed by atoms with Gasteiger partial charge >= 0.3 is 12.4 Å². The van der Waals surface area contributed by atoms with E-state index in [4.69, 9.17) is 18.8 Å². The maximum atomic E-state index is 14.9. The van der Waals surface area contributed by atoms with Crippen molar-refractivity contribution in [1.29, 1.82) is 0 Å². The van der Waals surface area contributed by atoms with Gasteiger partial charge in [-0.15, -0.1) is 0 Å². The van der Waals surface area contributed by atoms with Crippen LogP contribution in [0.1, 0.15) is 127 Å². The summed E-state index contributed by atoms with van der Waals surface area (Å²) in [6.07, 6.45) is -9.69. The zero-order valence-electron chi connectivity index (χ0n) is 33.3. The van der Waals surface area contributed by atoms with E-state index in [0.717, 1.165) is 59.3 Å². The molecule has 1 unspecified atom stereocenters. The van der Waals surface area contributed by atoms with Crippen molar-refractivity contribution in [2.24, 2.45) is 0 Å². The third kappa shape index (κ3) is 5.47. The lowest BCUT2D eigenvalue weighted by Gasteiger charge is -2.38. The molecule has 2 heterocycles. The van der Waals surface area contributed by atoms with Crippen molar-refractivity contribution < 1.29 is 35.2 Å². The third-order valence-electron chi connectivity index (χ3n) is 12.3. The Bertz CT molecular complexity index is 2500. The number of aromatic nitrogens is 2. The van der Waals surface area contributed by atoms with Gasteiger partial charge < -0.3 is 8.83 Å². The highest BCUT2D eigenvalue weighted by atomic mass is 19.4. The average molecular weight is 773 g/mol. The van der Waals surface area contributed by atoms with Crippen LogP contribution in [-0.2, 0) is 32.5 Å².